The minimum Gasteiger partial charge on any atom is -0.465 e. The Balaban J connectivity index is 2.00. The largest absolute Gasteiger partial charge is 0.465 e. The molecule has 2 aromatic heterocycles. The van der Waals surface area contributed by atoms with Crippen molar-refractivity contribution in [3.05, 3.63) is 53.0 Å². The van der Waals surface area contributed by atoms with Gasteiger partial charge in [-0.25, -0.2) is 18.2 Å². The van der Waals surface area contributed by atoms with Gasteiger partial charge in [-0.2, -0.15) is 0 Å². The van der Waals surface area contributed by atoms with Gasteiger partial charge in [-0.15, -0.1) is 11.3 Å². The highest BCUT2D eigenvalue weighted by atomic mass is 32.1. The van der Waals surface area contributed by atoms with Gasteiger partial charge in [0.25, 0.3) is 0 Å². The summed E-state index contributed by atoms with van der Waals surface area (Å²) in [6, 6.07) is 6.18. The lowest BCUT2D eigenvalue weighted by atomic mass is 10.1. The summed E-state index contributed by atoms with van der Waals surface area (Å²) < 4.78 is 48.9. The molecule has 2 heterocycles. The molecular formula is C21H17F3N2O2S. The normalized spacial score (nSPS) is 11.5. The molecule has 4 nitrogen and oxygen atoms in total. The smallest absolute Gasteiger partial charge is 0.325 e. The number of fused-ring (bicyclic) bond motifs is 2. The Morgan fingerprint density at radius 3 is 2.69 bits per heavy atom. The summed E-state index contributed by atoms with van der Waals surface area (Å²) in [5, 5.41) is 1.16. The molecule has 0 amide bonds. The van der Waals surface area contributed by atoms with Crippen LogP contribution in [0.5, 0.6) is 0 Å². The maximum atomic E-state index is 14.2. The third kappa shape index (κ3) is 3.07. The van der Waals surface area contributed by atoms with Crippen LogP contribution < -0.4 is 0 Å². The predicted octanol–water partition coefficient (Wildman–Crippen LogP) is 5.52. The standard InChI is InChI=1S/C21H17F3N2O2S/c1-4-28-15(27)9-26-11(3)16(12-7-5-6-10(2)19(12)26)21-25-18-17(24)13(22)8-14(23)20(18)29-21/h5-8H,4,9H2,1-3H3. The summed E-state index contributed by atoms with van der Waals surface area (Å²) in [6.45, 7) is 5.74. The molecule has 0 atom stereocenters. The van der Waals surface area contributed by atoms with Crippen LogP contribution in [0.3, 0.4) is 0 Å². The number of benzene rings is 2. The van der Waals surface area contributed by atoms with E-state index in [2.05, 4.69) is 4.98 Å². The van der Waals surface area contributed by atoms with Gasteiger partial charge in [0.1, 0.15) is 22.9 Å². The Morgan fingerprint density at radius 1 is 1.21 bits per heavy atom. The number of thiazole rings is 1. The van der Waals surface area contributed by atoms with Gasteiger partial charge in [0.15, 0.2) is 11.6 Å². The summed E-state index contributed by atoms with van der Waals surface area (Å²) in [5.41, 5.74) is 2.79. The van der Waals surface area contributed by atoms with E-state index in [1.807, 2.05) is 36.6 Å². The first-order valence-electron chi connectivity index (χ1n) is 9.01. The van der Waals surface area contributed by atoms with Crippen molar-refractivity contribution in [3.8, 4) is 10.6 Å². The topological polar surface area (TPSA) is 44.1 Å². The molecule has 0 fully saturated rings. The van der Waals surface area contributed by atoms with Crippen molar-refractivity contribution in [2.24, 2.45) is 0 Å². The quantitative estimate of drug-likeness (QED) is 0.324. The summed E-state index contributed by atoms with van der Waals surface area (Å²) in [7, 11) is 0. The van der Waals surface area contributed by atoms with Crippen molar-refractivity contribution in [3.63, 3.8) is 0 Å². The average molecular weight is 418 g/mol. The lowest BCUT2D eigenvalue weighted by Crippen LogP contribution is -2.14. The van der Waals surface area contributed by atoms with Crippen molar-refractivity contribution >= 4 is 38.4 Å². The van der Waals surface area contributed by atoms with Gasteiger partial charge in [0.2, 0.25) is 0 Å². The van der Waals surface area contributed by atoms with Crippen molar-refractivity contribution in [1.82, 2.24) is 9.55 Å². The molecule has 0 aliphatic carbocycles. The molecule has 150 valence electrons. The van der Waals surface area contributed by atoms with Crippen molar-refractivity contribution in [1.29, 1.82) is 0 Å². The minimum absolute atomic E-state index is 0.00325. The van der Waals surface area contributed by atoms with Crippen LogP contribution in [0.25, 0.3) is 31.7 Å². The van der Waals surface area contributed by atoms with E-state index in [4.69, 9.17) is 4.74 Å². The third-order valence-corrected chi connectivity index (χ3v) is 5.95. The van der Waals surface area contributed by atoms with E-state index >= 15 is 0 Å². The first-order chi connectivity index (χ1) is 13.8. The molecule has 0 unspecified atom stereocenters. The van der Waals surface area contributed by atoms with E-state index in [9.17, 15) is 18.0 Å². The Hall–Kier alpha value is -2.87. The van der Waals surface area contributed by atoms with E-state index < -0.39 is 17.5 Å². The Kier molecular flexibility index (Phi) is 4.82. The molecule has 0 aliphatic rings. The summed E-state index contributed by atoms with van der Waals surface area (Å²) >= 11 is 0.955. The summed E-state index contributed by atoms with van der Waals surface area (Å²) in [5.74, 6) is -3.69. The van der Waals surface area contributed by atoms with Crippen molar-refractivity contribution in [2.45, 2.75) is 27.3 Å². The molecule has 4 rings (SSSR count). The SMILES string of the molecule is CCOC(=O)Cn1c(C)c(-c2nc3c(F)c(F)cc(F)c3s2)c2cccc(C)c21. The number of aromatic nitrogens is 2. The fraction of sp³-hybridized carbons (Fsp3) is 0.238. The Bertz CT molecular complexity index is 1280. The van der Waals surface area contributed by atoms with Crippen LogP contribution in [0.1, 0.15) is 18.2 Å². The molecule has 0 radical (unpaired) electrons. The first-order valence-corrected chi connectivity index (χ1v) is 9.83. The molecule has 0 N–H and O–H groups in total. The van der Waals surface area contributed by atoms with E-state index in [1.54, 1.807) is 6.92 Å². The molecule has 8 heteroatoms. The molecule has 0 saturated carbocycles. The van der Waals surface area contributed by atoms with Crippen molar-refractivity contribution < 1.29 is 22.7 Å². The highest BCUT2D eigenvalue weighted by Gasteiger charge is 2.24. The van der Waals surface area contributed by atoms with Crippen molar-refractivity contribution in [2.75, 3.05) is 6.61 Å². The van der Waals surface area contributed by atoms with E-state index in [0.29, 0.717) is 22.3 Å². The number of carbonyl (C=O) groups excluding carboxylic acids is 1. The predicted molar refractivity (Wildman–Crippen MR) is 107 cm³/mol. The zero-order chi connectivity index (χ0) is 20.9. The number of ether oxygens (including phenoxy) is 1. The summed E-state index contributed by atoms with van der Waals surface area (Å²) in [4.78, 5) is 16.3. The highest BCUT2D eigenvalue weighted by Crippen LogP contribution is 2.41. The van der Waals surface area contributed by atoms with E-state index in [-0.39, 0.29) is 29.3 Å². The van der Waals surface area contributed by atoms with E-state index in [0.717, 1.165) is 27.8 Å². The number of carbonyl (C=O) groups is 1. The lowest BCUT2D eigenvalue weighted by Gasteiger charge is -2.09. The first kappa shape index (κ1) is 19.4. The van der Waals surface area contributed by atoms with Crippen LogP contribution in [0.15, 0.2) is 24.3 Å². The van der Waals surface area contributed by atoms with Gasteiger partial charge in [-0.05, 0) is 26.3 Å². The van der Waals surface area contributed by atoms with Gasteiger partial charge in [0, 0.05) is 22.7 Å². The van der Waals surface area contributed by atoms with Crippen LogP contribution in [0.4, 0.5) is 13.2 Å². The van der Waals surface area contributed by atoms with Gasteiger partial charge in [0.05, 0.1) is 16.8 Å². The maximum Gasteiger partial charge on any atom is 0.325 e. The fourth-order valence-corrected chi connectivity index (χ4v) is 4.69. The monoisotopic (exact) mass is 418 g/mol. The second-order valence-corrected chi connectivity index (χ2v) is 7.67. The molecule has 29 heavy (non-hydrogen) atoms. The zero-order valence-corrected chi connectivity index (χ0v) is 16.8. The van der Waals surface area contributed by atoms with Crippen LogP contribution in [0, 0.1) is 31.3 Å². The Morgan fingerprint density at radius 2 is 1.97 bits per heavy atom. The van der Waals surface area contributed by atoms with Gasteiger partial charge in [-0.3, -0.25) is 4.79 Å². The molecule has 2 aromatic carbocycles. The number of esters is 1. The molecule has 0 spiro atoms. The second-order valence-electron chi connectivity index (χ2n) is 6.67. The second kappa shape index (κ2) is 7.18. The van der Waals surface area contributed by atoms with Crippen LogP contribution in [-0.2, 0) is 16.1 Å². The number of para-hydroxylation sites is 1. The molecule has 0 bridgehead atoms. The number of halogens is 3. The number of hydrogen-bond donors (Lipinski definition) is 0. The molecule has 4 aromatic rings. The molecular weight excluding hydrogens is 401 g/mol. The van der Waals surface area contributed by atoms with E-state index in [1.165, 1.54) is 0 Å². The number of rotatable bonds is 4. The van der Waals surface area contributed by atoms with Crippen LogP contribution in [0.2, 0.25) is 0 Å². The van der Waals surface area contributed by atoms with Crippen LogP contribution >= 0.6 is 11.3 Å². The lowest BCUT2D eigenvalue weighted by molar-refractivity contribution is -0.143. The van der Waals surface area contributed by atoms with Crippen LogP contribution in [-0.4, -0.2) is 22.1 Å². The Labute approximate surface area is 168 Å². The van der Waals surface area contributed by atoms with Gasteiger partial charge in [-0.1, -0.05) is 18.2 Å². The number of hydrogen-bond acceptors (Lipinski definition) is 4. The summed E-state index contributed by atoms with van der Waals surface area (Å²) in [6.07, 6.45) is 0. The van der Waals surface area contributed by atoms with Gasteiger partial charge >= 0.3 is 5.97 Å². The zero-order valence-electron chi connectivity index (χ0n) is 16.0. The van der Waals surface area contributed by atoms with Gasteiger partial charge < -0.3 is 9.30 Å². The average Bonchev–Trinajstić information content (AvgIpc) is 3.21. The fourth-order valence-electron chi connectivity index (χ4n) is 3.61. The number of aryl methyl sites for hydroxylation is 1. The molecule has 0 saturated heterocycles. The third-order valence-electron chi connectivity index (χ3n) is 4.87. The molecule has 0 aliphatic heterocycles. The maximum absolute atomic E-state index is 14.2. The number of nitrogens with zero attached hydrogens (tertiary/aromatic N) is 2. The minimum atomic E-state index is -1.27. The highest BCUT2D eigenvalue weighted by molar-refractivity contribution is 7.21.